The highest BCUT2D eigenvalue weighted by molar-refractivity contribution is 7.91. The fourth-order valence-corrected chi connectivity index (χ4v) is 3.87. The molecule has 1 amide bonds. The van der Waals surface area contributed by atoms with Crippen LogP contribution in [-0.4, -0.2) is 24.1 Å². The molecule has 8 heteroatoms. The fraction of sp³-hybridized carbons (Fsp3) is 0.190. The summed E-state index contributed by atoms with van der Waals surface area (Å²) < 4.78 is 26.4. The third kappa shape index (κ3) is 4.60. The van der Waals surface area contributed by atoms with Crippen molar-refractivity contribution >= 4 is 21.4 Å². The normalized spacial score (nSPS) is 11.3. The van der Waals surface area contributed by atoms with E-state index in [2.05, 4.69) is 10.4 Å². The fourth-order valence-electron chi connectivity index (χ4n) is 2.68. The molecule has 1 aromatic heterocycles. The number of benzene rings is 2. The van der Waals surface area contributed by atoms with Crippen molar-refractivity contribution in [1.82, 2.24) is 9.78 Å². The first-order valence-corrected chi connectivity index (χ1v) is 10.4. The van der Waals surface area contributed by atoms with Gasteiger partial charge in [0.1, 0.15) is 6.54 Å². The lowest BCUT2D eigenvalue weighted by Crippen LogP contribution is -2.30. The van der Waals surface area contributed by atoms with Gasteiger partial charge in [-0.2, -0.15) is 5.10 Å². The van der Waals surface area contributed by atoms with Crippen molar-refractivity contribution in [1.29, 1.82) is 0 Å². The van der Waals surface area contributed by atoms with Gasteiger partial charge in [-0.3, -0.25) is 9.59 Å². The summed E-state index contributed by atoms with van der Waals surface area (Å²) in [5.74, 6) is -0.479. The Labute approximate surface area is 168 Å². The monoisotopic (exact) mass is 411 g/mol. The predicted molar refractivity (Wildman–Crippen MR) is 110 cm³/mol. The van der Waals surface area contributed by atoms with Gasteiger partial charge in [0, 0.05) is 11.8 Å². The number of sulfone groups is 1. The first-order chi connectivity index (χ1) is 13.7. The molecule has 29 heavy (non-hydrogen) atoms. The van der Waals surface area contributed by atoms with Crippen LogP contribution in [0.5, 0.6) is 0 Å². The van der Waals surface area contributed by atoms with Gasteiger partial charge in [-0.25, -0.2) is 13.1 Å². The van der Waals surface area contributed by atoms with Crippen LogP contribution in [0.15, 0.2) is 69.3 Å². The molecule has 3 aromatic rings. The quantitative estimate of drug-likeness (QED) is 0.696. The number of carbonyl (C=O) groups is 1. The van der Waals surface area contributed by atoms with Gasteiger partial charge >= 0.3 is 0 Å². The van der Waals surface area contributed by atoms with E-state index in [0.717, 1.165) is 33.5 Å². The number of anilines is 1. The van der Waals surface area contributed by atoms with E-state index in [9.17, 15) is 18.0 Å². The Morgan fingerprint density at radius 2 is 1.66 bits per heavy atom. The molecule has 3 rings (SSSR count). The van der Waals surface area contributed by atoms with Crippen LogP contribution >= 0.6 is 0 Å². The number of aryl methyl sites for hydroxylation is 3. The summed E-state index contributed by atoms with van der Waals surface area (Å²) in [7, 11) is -3.90. The van der Waals surface area contributed by atoms with Crippen LogP contribution in [0.25, 0.3) is 0 Å². The van der Waals surface area contributed by atoms with E-state index in [-0.39, 0.29) is 9.92 Å². The van der Waals surface area contributed by atoms with E-state index in [1.54, 1.807) is 18.2 Å². The van der Waals surface area contributed by atoms with Gasteiger partial charge in [0.15, 0.2) is 5.03 Å². The highest BCUT2D eigenvalue weighted by Gasteiger charge is 2.21. The van der Waals surface area contributed by atoms with E-state index < -0.39 is 27.8 Å². The standard InChI is InChI=1S/C21H21N3O4S/c1-14-4-8-18(9-5-14)29(27,28)20-10-11-21(26)24(23-20)13-19(25)22-17-7-6-15(2)16(3)12-17/h4-12H,13H2,1-3H3,(H,22,25). The van der Waals surface area contributed by atoms with Crippen LogP contribution < -0.4 is 10.9 Å². The number of hydrogen-bond donors (Lipinski definition) is 1. The molecule has 0 radical (unpaired) electrons. The molecule has 0 unspecified atom stereocenters. The number of aromatic nitrogens is 2. The number of nitrogens with one attached hydrogen (secondary N) is 1. The molecule has 0 aliphatic rings. The Hall–Kier alpha value is -3.26. The topological polar surface area (TPSA) is 98.1 Å². The van der Waals surface area contributed by atoms with Gasteiger partial charge in [-0.05, 0) is 62.2 Å². The van der Waals surface area contributed by atoms with Gasteiger partial charge in [0.25, 0.3) is 5.56 Å². The Bertz CT molecular complexity index is 1230. The highest BCUT2D eigenvalue weighted by atomic mass is 32.2. The van der Waals surface area contributed by atoms with E-state index in [0.29, 0.717) is 5.69 Å². The molecular formula is C21H21N3O4S. The molecular weight excluding hydrogens is 390 g/mol. The molecule has 0 aliphatic heterocycles. The summed E-state index contributed by atoms with van der Waals surface area (Å²) in [4.78, 5) is 24.5. The summed E-state index contributed by atoms with van der Waals surface area (Å²) in [6, 6.07) is 14.0. The van der Waals surface area contributed by atoms with Gasteiger partial charge in [0.05, 0.1) is 4.90 Å². The van der Waals surface area contributed by atoms with Crippen LogP contribution in [0.3, 0.4) is 0 Å². The number of carbonyl (C=O) groups excluding carboxylic acids is 1. The average molecular weight is 411 g/mol. The van der Waals surface area contributed by atoms with E-state index in [1.165, 1.54) is 12.1 Å². The Balaban J connectivity index is 1.85. The Morgan fingerprint density at radius 3 is 2.31 bits per heavy atom. The van der Waals surface area contributed by atoms with Crippen LogP contribution in [0.4, 0.5) is 5.69 Å². The molecule has 0 atom stereocenters. The van der Waals surface area contributed by atoms with Crippen LogP contribution in [0.1, 0.15) is 16.7 Å². The second-order valence-corrected chi connectivity index (χ2v) is 8.73. The smallest absolute Gasteiger partial charge is 0.267 e. The van der Waals surface area contributed by atoms with Crippen LogP contribution in [0, 0.1) is 20.8 Å². The van der Waals surface area contributed by atoms with Crippen molar-refractivity contribution in [2.24, 2.45) is 0 Å². The third-order valence-electron chi connectivity index (χ3n) is 4.53. The lowest BCUT2D eigenvalue weighted by Gasteiger charge is -2.10. The van der Waals surface area contributed by atoms with Gasteiger partial charge < -0.3 is 5.32 Å². The predicted octanol–water partition coefficient (Wildman–Crippen LogP) is 2.64. The van der Waals surface area contributed by atoms with E-state index >= 15 is 0 Å². The maximum atomic E-state index is 12.8. The van der Waals surface area contributed by atoms with Gasteiger partial charge in [-0.15, -0.1) is 0 Å². The zero-order chi connectivity index (χ0) is 21.2. The molecule has 150 valence electrons. The molecule has 0 saturated carbocycles. The summed E-state index contributed by atoms with van der Waals surface area (Å²) in [6.45, 7) is 5.34. The molecule has 1 heterocycles. The lowest BCUT2D eigenvalue weighted by molar-refractivity contribution is -0.117. The highest BCUT2D eigenvalue weighted by Crippen LogP contribution is 2.18. The SMILES string of the molecule is Cc1ccc(S(=O)(=O)c2ccc(=O)n(CC(=O)Nc3ccc(C)c(C)c3)n2)cc1. The molecule has 0 spiro atoms. The maximum absolute atomic E-state index is 12.8. The third-order valence-corrected chi connectivity index (χ3v) is 6.19. The molecule has 0 bridgehead atoms. The zero-order valence-electron chi connectivity index (χ0n) is 16.3. The number of nitrogens with zero attached hydrogens (tertiary/aromatic N) is 2. The van der Waals surface area contributed by atoms with Crippen molar-refractivity contribution in [2.45, 2.75) is 37.2 Å². The first kappa shape index (κ1) is 20.5. The second kappa shape index (κ2) is 8.00. The Kier molecular flexibility index (Phi) is 5.65. The van der Waals surface area contributed by atoms with Gasteiger partial charge in [0.2, 0.25) is 15.7 Å². The number of hydrogen-bond acceptors (Lipinski definition) is 5. The van der Waals surface area contributed by atoms with Gasteiger partial charge in [-0.1, -0.05) is 23.8 Å². The minimum absolute atomic E-state index is 0.0698. The minimum Gasteiger partial charge on any atom is -0.324 e. The molecule has 0 aliphatic carbocycles. The lowest BCUT2D eigenvalue weighted by atomic mass is 10.1. The number of rotatable bonds is 5. The first-order valence-electron chi connectivity index (χ1n) is 8.94. The maximum Gasteiger partial charge on any atom is 0.267 e. The van der Waals surface area contributed by atoms with Crippen molar-refractivity contribution in [3.63, 3.8) is 0 Å². The minimum atomic E-state index is -3.90. The zero-order valence-corrected chi connectivity index (χ0v) is 17.2. The molecule has 0 saturated heterocycles. The van der Waals surface area contributed by atoms with Crippen molar-refractivity contribution in [3.8, 4) is 0 Å². The van der Waals surface area contributed by atoms with E-state index in [1.807, 2.05) is 32.9 Å². The molecule has 1 N–H and O–H groups in total. The molecule has 2 aromatic carbocycles. The molecule has 7 nitrogen and oxygen atoms in total. The van der Waals surface area contributed by atoms with E-state index in [4.69, 9.17) is 0 Å². The summed E-state index contributed by atoms with van der Waals surface area (Å²) in [5.41, 5.74) is 3.06. The number of amides is 1. The average Bonchev–Trinajstić information content (AvgIpc) is 2.66. The van der Waals surface area contributed by atoms with Crippen molar-refractivity contribution < 1.29 is 13.2 Å². The van der Waals surface area contributed by atoms with Crippen LogP contribution in [0.2, 0.25) is 0 Å². The largest absolute Gasteiger partial charge is 0.324 e. The summed E-state index contributed by atoms with van der Waals surface area (Å²) >= 11 is 0. The summed E-state index contributed by atoms with van der Waals surface area (Å²) in [6.07, 6.45) is 0. The summed E-state index contributed by atoms with van der Waals surface area (Å²) in [5, 5.41) is 6.31. The van der Waals surface area contributed by atoms with Crippen molar-refractivity contribution in [3.05, 3.63) is 81.6 Å². The second-order valence-electron chi connectivity index (χ2n) is 6.83. The molecule has 0 fully saturated rings. The van der Waals surface area contributed by atoms with Crippen LogP contribution in [-0.2, 0) is 21.2 Å². The Morgan fingerprint density at radius 1 is 0.966 bits per heavy atom. The van der Waals surface area contributed by atoms with Crippen molar-refractivity contribution in [2.75, 3.05) is 5.32 Å².